The van der Waals surface area contributed by atoms with Crippen LogP contribution in [0.15, 0.2) is 17.3 Å². The summed E-state index contributed by atoms with van der Waals surface area (Å²) in [7, 11) is 0. The van der Waals surface area contributed by atoms with Gasteiger partial charge in [0.15, 0.2) is 0 Å². The average molecular weight is 327 g/mol. The van der Waals surface area contributed by atoms with Crippen LogP contribution in [0.5, 0.6) is 0 Å². The van der Waals surface area contributed by atoms with Gasteiger partial charge in [0.1, 0.15) is 0 Å². The van der Waals surface area contributed by atoms with Crippen LogP contribution in [0.25, 0.3) is 0 Å². The first-order valence-electron chi connectivity index (χ1n) is 7.16. The predicted octanol–water partition coefficient (Wildman–Crippen LogP) is 3.22. The van der Waals surface area contributed by atoms with E-state index in [4.69, 9.17) is 15.4 Å². The Morgan fingerprint density at radius 1 is 1.23 bits per heavy atom. The molecule has 0 fully saturated rings. The van der Waals surface area contributed by atoms with Gasteiger partial charge < -0.3 is 15.4 Å². The Hall–Kier alpha value is -1.89. The van der Waals surface area contributed by atoms with Crippen molar-refractivity contribution < 1.29 is 25.0 Å². The first kappa shape index (κ1) is 18.2. The van der Waals surface area contributed by atoms with Crippen molar-refractivity contribution in [3.05, 3.63) is 21.9 Å². The molecule has 122 valence electrons. The van der Waals surface area contributed by atoms with Gasteiger partial charge in [0, 0.05) is 17.7 Å². The molecule has 0 saturated carbocycles. The molecule has 1 aromatic heterocycles. The van der Waals surface area contributed by atoms with Crippen LogP contribution in [0.1, 0.15) is 48.8 Å². The van der Waals surface area contributed by atoms with Crippen LogP contribution < -0.4 is 0 Å². The standard InChI is InChI=1S/C15H21NO5S/c1-10(9-15(19)20)5-6-11-7-8-13(22-11)12(16-21)3-2-4-14(17)18/h7-8,10,21H,2-6,9H2,1H3,(H,17,18)(H,19,20)/b16-12+/t10-/m0/s1. The molecule has 1 aromatic rings. The lowest BCUT2D eigenvalue weighted by Gasteiger charge is -2.06. The molecular weight excluding hydrogens is 306 g/mol. The van der Waals surface area contributed by atoms with Crippen molar-refractivity contribution in [1.29, 1.82) is 0 Å². The van der Waals surface area contributed by atoms with Crippen LogP contribution in [-0.2, 0) is 16.0 Å². The lowest BCUT2D eigenvalue weighted by molar-refractivity contribution is -0.138. The zero-order valence-corrected chi connectivity index (χ0v) is 13.3. The average Bonchev–Trinajstić information content (AvgIpc) is 2.89. The summed E-state index contributed by atoms with van der Waals surface area (Å²) in [5.41, 5.74) is 0.496. The summed E-state index contributed by atoms with van der Waals surface area (Å²) in [6.45, 7) is 1.91. The van der Waals surface area contributed by atoms with Gasteiger partial charge in [0.05, 0.1) is 10.6 Å². The van der Waals surface area contributed by atoms with E-state index in [1.165, 1.54) is 11.3 Å². The second-order valence-corrected chi connectivity index (χ2v) is 6.47. The van der Waals surface area contributed by atoms with Crippen molar-refractivity contribution in [1.82, 2.24) is 0 Å². The number of hydrogen-bond donors (Lipinski definition) is 3. The maximum absolute atomic E-state index is 10.6. The second kappa shape index (κ2) is 9.19. The second-order valence-electron chi connectivity index (χ2n) is 5.30. The fraction of sp³-hybridized carbons (Fsp3) is 0.533. The maximum Gasteiger partial charge on any atom is 0.303 e. The van der Waals surface area contributed by atoms with Crippen molar-refractivity contribution in [2.24, 2.45) is 11.1 Å². The van der Waals surface area contributed by atoms with Gasteiger partial charge in [-0.2, -0.15) is 0 Å². The minimum atomic E-state index is -0.864. The highest BCUT2D eigenvalue weighted by atomic mass is 32.1. The van der Waals surface area contributed by atoms with Gasteiger partial charge in [-0.05, 0) is 43.7 Å². The van der Waals surface area contributed by atoms with Gasteiger partial charge in [-0.25, -0.2) is 0 Å². The Morgan fingerprint density at radius 2 is 1.95 bits per heavy atom. The third kappa shape index (κ3) is 6.71. The molecule has 0 aliphatic carbocycles. The van der Waals surface area contributed by atoms with Crippen molar-refractivity contribution in [2.75, 3.05) is 0 Å². The van der Waals surface area contributed by atoms with Gasteiger partial charge in [0.25, 0.3) is 0 Å². The lowest BCUT2D eigenvalue weighted by Crippen LogP contribution is -2.04. The van der Waals surface area contributed by atoms with E-state index < -0.39 is 11.9 Å². The summed E-state index contributed by atoms with van der Waals surface area (Å²) in [5, 5.41) is 29.7. The maximum atomic E-state index is 10.6. The molecule has 0 bridgehead atoms. The van der Waals surface area contributed by atoms with Crippen LogP contribution in [0, 0.1) is 5.92 Å². The largest absolute Gasteiger partial charge is 0.481 e. The lowest BCUT2D eigenvalue weighted by atomic mass is 10.0. The molecule has 1 atom stereocenters. The summed E-state index contributed by atoms with van der Waals surface area (Å²) < 4.78 is 0. The molecule has 0 amide bonds. The Balaban J connectivity index is 2.51. The molecule has 6 nitrogen and oxygen atoms in total. The Labute approximate surface area is 133 Å². The van der Waals surface area contributed by atoms with E-state index in [9.17, 15) is 9.59 Å². The highest BCUT2D eigenvalue weighted by Gasteiger charge is 2.12. The van der Waals surface area contributed by atoms with E-state index in [-0.39, 0.29) is 18.8 Å². The predicted molar refractivity (Wildman–Crippen MR) is 83.9 cm³/mol. The van der Waals surface area contributed by atoms with E-state index in [0.29, 0.717) is 18.6 Å². The molecule has 0 aliphatic rings. The molecule has 7 heteroatoms. The van der Waals surface area contributed by atoms with E-state index >= 15 is 0 Å². The van der Waals surface area contributed by atoms with Crippen molar-refractivity contribution in [3.63, 3.8) is 0 Å². The van der Waals surface area contributed by atoms with Crippen molar-refractivity contribution in [2.45, 2.75) is 45.4 Å². The summed E-state index contributed by atoms with van der Waals surface area (Å²) in [4.78, 5) is 23.0. The zero-order chi connectivity index (χ0) is 16.5. The topological polar surface area (TPSA) is 107 Å². The monoisotopic (exact) mass is 327 g/mol. The third-order valence-electron chi connectivity index (χ3n) is 3.28. The summed E-state index contributed by atoms with van der Waals surface area (Å²) in [6, 6.07) is 3.80. The van der Waals surface area contributed by atoms with E-state index in [1.807, 2.05) is 19.1 Å². The molecule has 1 rings (SSSR count). The molecule has 1 heterocycles. The summed E-state index contributed by atoms with van der Waals surface area (Å²) in [6.07, 6.45) is 2.63. The number of carboxylic acid groups (broad SMARTS) is 2. The SMILES string of the molecule is C[C@@H](CCc1ccc(/C(CCCC(=O)O)=N/O)s1)CC(=O)O. The molecule has 0 aromatic carbocycles. The van der Waals surface area contributed by atoms with Gasteiger partial charge in [0.2, 0.25) is 0 Å². The number of oxime groups is 1. The van der Waals surface area contributed by atoms with E-state index in [0.717, 1.165) is 22.6 Å². The third-order valence-corrected chi connectivity index (χ3v) is 4.47. The highest BCUT2D eigenvalue weighted by molar-refractivity contribution is 7.14. The smallest absolute Gasteiger partial charge is 0.303 e. The van der Waals surface area contributed by atoms with Crippen LogP contribution >= 0.6 is 11.3 Å². The van der Waals surface area contributed by atoms with Crippen LogP contribution in [-0.4, -0.2) is 33.1 Å². The molecule has 0 spiro atoms. The number of carbonyl (C=O) groups is 2. The zero-order valence-electron chi connectivity index (χ0n) is 12.5. The van der Waals surface area contributed by atoms with Gasteiger partial charge >= 0.3 is 11.9 Å². The summed E-state index contributed by atoms with van der Waals surface area (Å²) >= 11 is 1.50. The Kier molecular flexibility index (Phi) is 7.59. The van der Waals surface area contributed by atoms with Crippen molar-refractivity contribution in [3.8, 4) is 0 Å². The molecule has 0 unspecified atom stereocenters. The normalized spacial score (nSPS) is 13.0. The fourth-order valence-electron chi connectivity index (χ4n) is 2.09. The number of aryl methyl sites for hydroxylation is 1. The molecule has 3 N–H and O–H groups in total. The first-order valence-corrected chi connectivity index (χ1v) is 7.97. The van der Waals surface area contributed by atoms with Gasteiger partial charge in [-0.1, -0.05) is 12.1 Å². The van der Waals surface area contributed by atoms with Gasteiger partial charge in [-0.15, -0.1) is 11.3 Å². The summed E-state index contributed by atoms with van der Waals surface area (Å²) in [5.74, 6) is -1.53. The van der Waals surface area contributed by atoms with Crippen molar-refractivity contribution >= 4 is 29.0 Å². The van der Waals surface area contributed by atoms with E-state index in [2.05, 4.69) is 5.16 Å². The quantitative estimate of drug-likeness (QED) is 0.347. The number of thiophene rings is 1. The number of hydrogen-bond acceptors (Lipinski definition) is 5. The highest BCUT2D eigenvalue weighted by Crippen LogP contribution is 2.23. The Morgan fingerprint density at radius 3 is 2.55 bits per heavy atom. The van der Waals surface area contributed by atoms with Crippen LogP contribution in [0.2, 0.25) is 0 Å². The number of nitrogens with zero attached hydrogens (tertiary/aromatic N) is 1. The minimum Gasteiger partial charge on any atom is -0.481 e. The Bertz CT molecular complexity index is 538. The van der Waals surface area contributed by atoms with Crippen LogP contribution in [0.3, 0.4) is 0 Å². The fourth-order valence-corrected chi connectivity index (χ4v) is 3.12. The molecule has 0 radical (unpaired) electrons. The molecule has 22 heavy (non-hydrogen) atoms. The number of aliphatic carboxylic acids is 2. The van der Waals surface area contributed by atoms with Crippen LogP contribution in [0.4, 0.5) is 0 Å². The number of rotatable bonds is 10. The minimum absolute atomic E-state index is 0.0456. The first-order chi connectivity index (χ1) is 10.4. The molecule has 0 saturated heterocycles. The number of carboxylic acids is 2. The van der Waals surface area contributed by atoms with E-state index in [1.54, 1.807) is 0 Å². The molecular formula is C15H21NO5S. The molecule has 0 aliphatic heterocycles. The van der Waals surface area contributed by atoms with Gasteiger partial charge in [-0.3, -0.25) is 9.59 Å².